The smallest absolute Gasteiger partial charge is 0.326 e. The monoisotopic (exact) mass is 738 g/mol. The second kappa shape index (κ2) is 18.8. The molecule has 53 heavy (non-hydrogen) atoms. The third-order valence-corrected chi connectivity index (χ3v) is 9.44. The zero-order valence-electron chi connectivity index (χ0n) is 33.0. The molecule has 0 spiro atoms. The molecule has 4 N–H and O–H groups in total. The largest absolute Gasteiger partial charge is 0.480 e. The molecule has 1 aromatic carbocycles. The van der Waals surface area contributed by atoms with Gasteiger partial charge >= 0.3 is 5.97 Å². The van der Waals surface area contributed by atoms with Gasteiger partial charge in [0.1, 0.15) is 12.1 Å². The van der Waals surface area contributed by atoms with Crippen molar-refractivity contribution in [1.82, 2.24) is 30.7 Å². The van der Waals surface area contributed by atoms with Gasteiger partial charge in [-0.3, -0.25) is 38.6 Å². The van der Waals surface area contributed by atoms with E-state index in [2.05, 4.69) is 16.0 Å². The molecule has 1 aliphatic rings. The number of nitrogens with zero attached hydrogens (tertiary/aromatic N) is 3. The number of rotatable bonds is 18. The highest BCUT2D eigenvalue weighted by molar-refractivity contribution is 6.12. The molecule has 1 unspecified atom stereocenters. The van der Waals surface area contributed by atoms with Crippen molar-refractivity contribution in [3.63, 3.8) is 0 Å². The molecular formula is C39H58N6O8. The molecule has 0 aliphatic carbocycles. The van der Waals surface area contributed by atoms with Gasteiger partial charge in [-0.2, -0.15) is 0 Å². The minimum Gasteiger partial charge on any atom is -0.480 e. The number of hydrogen-bond donors (Lipinski definition) is 4. The molecule has 14 nitrogen and oxygen atoms in total. The Morgan fingerprint density at radius 3 is 1.96 bits per heavy atom. The number of aliphatic carboxylic acids is 1. The van der Waals surface area contributed by atoms with Crippen molar-refractivity contribution in [2.75, 3.05) is 34.2 Å². The Morgan fingerprint density at radius 1 is 0.906 bits per heavy atom. The summed E-state index contributed by atoms with van der Waals surface area (Å²) < 4.78 is 0. The molecule has 0 radical (unpaired) electrons. The normalized spacial score (nSPS) is 15.9. The van der Waals surface area contributed by atoms with Crippen molar-refractivity contribution in [2.24, 2.45) is 11.3 Å². The summed E-state index contributed by atoms with van der Waals surface area (Å²) in [5.74, 6) is -4.31. The second-order valence-corrected chi connectivity index (χ2v) is 15.7. The van der Waals surface area contributed by atoms with Gasteiger partial charge in [-0.1, -0.05) is 84.9 Å². The number of carbonyl (C=O) groups is 7. The molecule has 1 aliphatic heterocycles. The predicted octanol–water partition coefficient (Wildman–Crippen LogP) is 2.25. The highest BCUT2D eigenvalue weighted by atomic mass is 16.4. The van der Waals surface area contributed by atoms with Crippen molar-refractivity contribution in [1.29, 1.82) is 0 Å². The summed E-state index contributed by atoms with van der Waals surface area (Å²) in [5.41, 5.74) is -0.152. The minimum absolute atomic E-state index is 0.00553. The standard InChI is InChI=1S/C39H58N6O8/c1-24(2)28(23-25(3)34(49)41-27(37(52)53)17-18-29(46)40-21-22-45-30(47)19-20-31(45)48)44(11)36(51)32(38(4,5)6)42-35(50)33(43(9)10)39(7,8)26-15-13-12-14-16-26/h12-16,19-20,23-24,27-28,32-33H,17-18,21-22H2,1-11H3,(H,40,46)(H,41,49)(H,42,50)(H,52,53)/b25-23+/t27-,28-,32?,33-/m1/s1. The van der Waals surface area contributed by atoms with E-state index in [1.54, 1.807) is 13.1 Å². The molecule has 1 heterocycles. The van der Waals surface area contributed by atoms with Crippen LogP contribution in [0.3, 0.4) is 0 Å². The topological polar surface area (TPSA) is 186 Å². The number of carboxylic acids is 1. The number of likely N-dealkylation sites (N-methyl/N-ethyl adjacent to an activating group) is 2. The summed E-state index contributed by atoms with van der Waals surface area (Å²) in [4.78, 5) is 93.5. The third kappa shape index (κ3) is 12.1. The van der Waals surface area contributed by atoms with Crippen molar-refractivity contribution in [3.8, 4) is 0 Å². The van der Waals surface area contributed by atoms with Crippen LogP contribution in [0.5, 0.6) is 0 Å². The van der Waals surface area contributed by atoms with Crippen LogP contribution in [0.2, 0.25) is 0 Å². The van der Waals surface area contributed by atoms with Crippen molar-refractivity contribution >= 4 is 41.4 Å². The van der Waals surface area contributed by atoms with Gasteiger partial charge in [0.05, 0.1) is 12.1 Å². The third-order valence-electron chi connectivity index (χ3n) is 9.44. The van der Waals surface area contributed by atoms with Crippen LogP contribution in [0.4, 0.5) is 0 Å². The zero-order valence-corrected chi connectivity index (χ0v) is 33.0. The number of amides is 6. The molecule has 1 aromatic rings. The summed E-state index contributed by atoms with van der Waals surface area (Å²) in [6.45, 7) is 14.8. The molecule has 0 saturated heterocycles. The van der Waals surface area contributed by atoms with E-state index in [0.29, 0.717) is 0 Å². The van der Waals surface area contributed by atoms with Crippen LogP contribution in [-0.4, -0.2) is 120 Å². The Balaban J connectivity index is 2.17. The Hall–Kier alpha value is -4.85. The maximum Gasteiger partial charge on any atom is 0.326 e. The SMILES string of the molecule is C/C(=C\[C@H](C(C)C)N(C)C(=O)C(NC(=O)[C@@H](N(C)C)C(C)(C)c1ccccc1)C(C)(C)C)C(=O)N[C@H](CCC(=O)NCCN1C(=O)C=CC1=O)C(=O)O. The average Bonchev–Trinajstić information content (AvgIpc) is 3.38. The van der Waals surface area contributed by atoms with Crippen LogP contribution in [-0.2, 0) is 39.0 Å². The van der Waals surface area contributed by atoms with E-state index in [9.17, 15) is 38.7 Å². The van der Waals surface area contributed by atoms with E-state index in [1.807, 2.05) is 97.8 Å². The van der Waals surface area contributed by atoms with Crippen LogP contribution in [0.25, 0.3) is 0 Å². The number of benzene rings is 1. The van der Waals surface area contributed by atoms with Crippen molar-refractivity contribution in [2.45, 2.75) is 97.8 Å². The fourth-order valence-corrected chi connectivity index (χ4v) is 6.39. The number of nitrogens with one attached hydrogen (secondary N) is 3. The molecule has 2 rings (SSSR count). The van der Waals surface area contributed by atoms with E-state index in [1.165, 1.54) is 11.8 Å². The first-order valence-electron chi connectivity index (χ1n) is 17.8. The van der Waals surface area contributed by atoms with E-state index < -0.39 is 64.6 Å². The first kappa shape index (κ1) is 44.3. The summed E-state index contributed by atoms with van der Waals surface area (Å²) in [6.07, 6.45) is 3.43. The van der Waals surface area contributed by atoms with Crippen LogP contribution >= 0.6 is 0 Å². The maximum atomic E-state index is 14.2. The minimum atomic E-state index is -1.38. The lowest BCUT2D eigenvalue weighted by Gasteiger charge is -2.41. The quantitative estimate of drug-likeness (QED) is 0.130. The Kier molecular flexibility index (Phi) is 15.7. The summed E-state index contributed by atoms with van der Waals surface area (Å²) in [5, 5.41) is 17.8. The van der Waals surface area contributed by atoms with Crippen LogP contribution in [0.1, 0.15) is 73.8 Å². The first-order valence-corrected chi connectivity index (χ1v) is 17.8. The van der Waals surface area contributed by atoms with Crippen molar-refractivity contribution < 1.29 is 38.7 Å². The molecule has 4 atom stereocenters. The average molecular weight is 739 g/mol. The predicted molar refractivity (Wildman–Crippen MR) is 201 cm³/mol. The number of carboxylic acid groups (broad SMARTS) is 1. The van der Waals surface area contributed by atoms with Gasteiger partial charge in [-0.05, 0) is 44.3 Å². The maximum absolute atomic E-state index is 14.2. The lowest BCUT2D eigenvalue weighted by atomic mass is 9.76. The van der Waals surface area contributed by atoms with Gasteiger partial charge in [0.2, 0.25) is 23.6 Å². The van der Waals surface area contributed by atoms with Crippen LogP contribution in [0.15, 0.2) is 54.1 Å². The lowest BCUT2D eigenvalue weighted by Crippen LogP contribution is -2.61. The Labute approximate surface area is 313 Å². The van der Waals surface area contributed by atoms with Crippen molar-refractivity contribution in [3.05, 3.63) is 59.7 Å². The van der Waals surface area contributed by atoms with Gasteiger partial charge in [-0.15, -0.1) is 0 Å². The number of imide groups is 1. The lowest BCUT2D eigenvalue weighted by molar-refractivity contribution is -0.142. The van der Waals surface area contributed by atoms with Gasteiger partial charge in [0.25, 0.3) is 11.8 Å². The first-order chi connectivity index (χ1) is 24.5. The molecule has 14 heteroatoms. The molecule has 6 amide bonds. The van der Waals surface area contributed by atoms with Gasteiger partial charge < -0.3 is 26.0 Å². The Morgan fingerprint density at radius 2 is 1.47 bits per heavy atom. The summed E-state index contributed by atoms with van der Waals surface area (Å²) in [7, 11) is 5.27. The van der Waals surface area contributed by atoms with Crippen LogP contribution in [0, 0.1) is 11.3 Å². The van der Waals surface area contributed by atoms with Gasteiger partial charge in [0.15, 0.2) is 0 Å². The fraction of sp³-hybridized carbons (Fsp3) is 0.564. The molecule has 0 aromatic heterocycles. The number of carbonyl (C=O) groups excluding carboxylic acids is 6. The summed E-state index contributed by atoms with van der Waals surface area (Å²) >= 11 is 0. The van der Waals surface area contributed by atoms with E-state index in [4.69, 9.17) is 0 Å². The molecule has 292 valence electrons. The van der Waals surface area contributed by atoms with Gasteiger partial charge in [-0.25, -0.2) is 4.79 Å². The molecule has 0 fully saturated rings. The van der Waals surface area contributed by atoms with Gasteiger partial charge in [0, 0.05) is 49.7 Å². The second-order valence-electron chi connectivity index (χ2n) is 15.7. The molecule has 0 bridgehead atoms. The number of hydrogen-bond acceptors (Lipinski definition) is 8. The highest BCUT2D eigenvalue weighted by Gasteiger charge is 2.43. The highest BCUT2D eigenvalue weighted by Crippen LogP contribution is 2.31. The molecule has 0 saturated carbocycles. The van der Waals surface area contributed by atoms with E-state index in [-0.39, 0.29) is 49.2 Å². The zero-order chi connectivity index (χ0) is 40.4. The Bertz CT molecular complexity index is 1560. The van der Waals surface area contributed by atoms with Crippen LogP contribution < -0.4 is 16.0 Å². The molecular weight excluding hydrogens is 680 g/mol. The summed E-state index contributed by atoms with van der Waals surface area (Å²) in [6, 6.07) is 6.20. The van der Waals surface area contributed by atoms with E-state index in [0.717, 1.165) is 22.6 Å². The fourth-order valence-electron chi connectivity index (χ4n) is 6.39. The van der Waals surface area contributed by atoms with E-state index >= 15 is 0 Å².